The molecule has 0 aliphatic heterocycles. The highest BCUT2D eigenvalue weighted by Gasteiger charge is 1.97. The summed E-state index contributed by atoms with van der Waals surface area (Å²) in [7, 11) is 0. The van der Waals surface area contributed by atoms with Crippen LogP contribution in [0.15, 0.2) is 18.3 Å². The average molecular weight is 164 g/mol. The molecule has 0 aliphatic rings. The quantitative estimate of drug-likeness (QED) is 0.671. The van der Waals surface area contributed by atoms with Gasteiger partial charge in [0, 0.05) is 12.7 Å². The molecule has 0 saturated carbocycles. The maximum Gasteiger partial charge on any atom is 0.0847 e. The van der Waals surface area contributed by atoms with Crippen molar-refractivity contribution in [2.45, 2.75) is 27.3 Å². The van der Waals surface area contributed by atoms with Gasteiger partial charge in [0.2, 0.25) is 0 Å². The fourth-order valence-electron chi connectivity index (χ4n) is 1.11. The Morgan fingerprint density at radius 3 is 2.92 bits per heavy atom. The highest BCUT2D eigenvalue weighted by Crippen LogP contribution is 2.01. The summed E-state index contributed by atoms with van der Waals surface area (Å²) < 4.78 is 1.99. The van der Waals surface area contributed by atoms with Gasteiger partial charge in [0.1, 0.15) is 0 Å². The minimum absolute atomic E-state index is 0.656. The average Bonchev–Trinajstić information content (AvgIpc) is 2.36. The lowest BCUT2D eigenvalue weighted by Crippen LogP contribution is -2.04. The lowest BCUT2D eigenvalue weighted by atomic mass is 10.2. The van der Waals surface area contributed by atoms with Gasteiger partial charge in [-0.15, -0.1) is 0 Å². The van der Waals surface area contributed by atoms with E-state index < -0.39 is 0 Å². The lowest BCUT2D eigenvalue weighted by Gasteiger charge is -2.03. The highest BCUT2D eigenvalue weighted by atomic mass is 15.3. The third-order valence-electron chi connectivity index (χ3n) is 1.55. The van der Waals surface area contributed by atoms with Crippen LogP contribution in [0.1, 0.15) is 26.5 Å². The molecule has 0 atom stereocenters. The Labute approximate surface area is 73.9 Å². The molecule has 0 N–H and O–H groups in total. The van der Waals surface area contributed by atoms with Crippen LogP contribution < -0.4 is 0 Å². The second-order valence-corrected chi connectivity index (χ2v) is 3.36. The van der Waals surface area contributed by atoms with Gasteiger partial charge >= 0.3 is 0 Å². The summed E-state index contributed by atoms with van der Waals surface area (Å²) >= 11 is 0. The molecule has 1 aromatic heterocycles. The number of aromatic nitrogens is 2. The molecule has 2 heteroatoms. The van der Waals surface area contributed by atoms with E-state index in [9.17, 15) is 0 Å². The second kappa shape index (κ2) is 4.10. The van der Waals surface area contributed by atoms with E-state index in [0.29, 0.717) is 5.92 Å². The Kier molecular flexibility index (Phi) is 3.09. The molecule has 0 spiro atoms. The first kappa shape index (κ1) is 9.04. The predicted octanol–water partition coefficient (Wildman–Crippen LogP) is 2.57. The first-order valence-electron chi connectivity index (χ1n) is 4.38. The van der Waals surface area contributed by atoms with Gasteiger partial charge in [-0.25, -0.2) is 0 Å². The summed E-state index contributed by atoms with van der Waals surface area (Å²) in [6, 6.07) is 2.03. The smallest absolute Gasteiger partial charge is 0.0847 e. The van der Waals surface area contributed by atoms with E-state index >= 15 is 0 Å². The van der Waals surface area contributed by atoms with Gasteiger partial charge in [0.05, 0.1) is 5.69 Å². The Bertz CT molecular complexity index is 259. The molecule has 0 fully saturated rings. The monoisotopic (exact) mass is 164 g/mol. The maximum atomic E-state index is 4.37. The summed E-state index contributed by atoms with van der Waals surface area (Å²) in [5.74, 6) is 0.656. The normalized spacial score (nSPS) is 11.7. The molecule has 0 aromatic carbocycles. The molecular weight excluding hydrogens is 148 g/mol. The number of hydrogen-bond donors (Lipinski definition) is 0. The van der Waals surface area contributed by atoms with Gasteiger partial charge < -0.3 is 0 Å². The summed E-state index contributed by atoms with van der Waals surface area (Å²) in [5.41, 5.74) is 1.04. The molecule has 2 nitrogen and oxygen atoms in total. The largest absolute Gasteiger partial charge is 0.272 e. The van der Waals surface area contributed by atoms with Crippen LogP contribution >= 0.6 is 0 Å². The van der Waals surface area contributed by atoms with Crippen molar-refractivity contribution in [3.63, 3.8) is 0 Å². The van der Waals surface area contributed by atoms with E-state index in [2.05, 4.69) is 18.9 Å². The predicted molar refractivity (Wildman–Crippen MR) is 51.8 cm³/mol. The van der Waals surface area contributed by atoms with Gasteiger partial charge in [-0.3, -0.25) is 4.68 Å². The zero-order valence-corrected chi connectivity index (χ0v) is 7.99. The molecule has 66 valence electrons. The number of rotatable bonds is 3. The van der Waals surface area contributed by atoms with E-state index in [1.807, 2.05) is 36.0 Å². The van der Waals surface area contributed by atoms with Crippen molar-refractivity contribution in [3.05, 3.63) is 24.0 Å². The minimum atomic E-state index is 0.656. The van der Waals surface area contributed by atoms with Crippen LogP contribution in [0.25, 0.3) is 6.08 Å². The SMILES string of the molecule is C/C=C/c1ccn(CC(C)C)n1. The summed E-state index contributed by atoms with van der Waals surface area (Å²) in [6.07, 6.45) is 6.04. The van der Waals surface area contributed by atoms with E-state index in [1.54, 1.807) is 0 Å². The van der Waals surface area contributed by atoms with Gasteiger partial charge in [-0.2, -0.15) is 5.10 Å². The standard InChI is InChI=1S/C10H16N2/c1-4-5-10-6-7-12(11-10)8-9(2)3/h4-7,9H,8H2,1-3H3/b5-4+. The van der Waals surface area contributed by atoms with Crippen molar-refractivity contribution < 1.29 is 0 Å². The van der Waals surface area contributed by atoms with Gasteiger partial charge in [-0.1, -0.05) is 19.9 Å². The fourth-order valence-corrected chi connectivity index (χ4v) is 1.11. The van der Waals surface area contributed by atoms with Crippen LogP contribution in [0.5, 0.6) is 0 Å². The van der Waals surface area contributed by atoms with Crippen molar-refractivity contribution in [2.24, 2.45) is 5.92 Å². The molecular formula is C10H16N2. The Morgan fingerprint density at radius 1 is 1.58 bits per heavy atom. The Morgan fingerprint density at radius 2 is 2.33 bits per heavy atom. The van der Waals surface area contributed by atoms with Crippen LogP contribution in [0, 0.1) is 5.92 Å². The zero-order chi connectivity index (χ0) is 8.97. The molecule has 1 heterocycles. The molecule has 0 bridgehead atoms. The highest BCUT2D eigenvalue weighted by molar-refractivity contribution is 5.42. The molecule has 1 aromatic rings. The van der Waals surface area contributed by atoms with Gasteiger partial charge in [0.15, 0.2) is 0 Å². The van der Waals surface area contributed by atoms with Crippen LogP contribution in [0.2, 0.25) is 0 Å². The van der Waals surface area contributed by atoms with E-state index in [1.165, 1.54) is 0 Å². The van der Waals surface area contributed by atoms with Gasteiger partial charge in [-0.05, 0) is 25.0 Å². The van der Waals surface area contributed by atoms with Crippen molar-refractivity contribution >= 4 is 6.08 Å². The second-order valence-electron chi connectivity index (χ2n) is 3.36. The summed E-state index contributed by atoms with van der Waals surface area (Å²) in [4.78, 5) is 0. The first-order chi connectivity index (χ1) is 5.72. The number of hydrogen-bond acceptors (Lipinski definition) is 1. The Hall–Kier alpha value is -1.05. The van der Waals surface area contributed by atoms with Crippen LogP contribution in [0.4, 0.5) is 0 Å². The molecule has 0 aliphatic carbocycles. The molecule has 0 radical (unpaired) electrons. The topological polar surface area (TPSA) is 17.8 Å². The molecule has 0 unspecified atom stereocenters. The van der Waals surface area contributed by atoms with Crippen LogP contribution in [-0.4, -0.2) is 9.78 Å². The van der Waals surface area contributed by atoms with Crippen molar-refractivity contribution in [2.75, 3.05) is 0 Å². The minimum Gasteiger partial charge on any atom is -0.272 e. The van der Waals surface area contributed by atoms with E-state index in [0.717, 1.165) is 12.2 Å². The summed E-state index contributed by atoms with van der Waals surface area (Å²) in [5, 5.41) is 4.37. The van der Waals surface area contributed by atoms with Gasteiger partial charge in [0.25, 0.3) is 0 Å². The molecule has 1 rings (SSSR count). The number of nitrogens with zero attached hydrogens (tertiary/aromatic N) is 2. The summed E-state index contributed by atoms with van der Waals surface area (Å²) in [6.45, 7) is 7.38. The zero-order valence-electron chi connectivity index (χ0n) is 7.99. The molecule has 12 heavy (non-hydrogen) atoms. The molecule has 0 amide bonds. The first-order valence-corrected chi connectivity index (χ1v) is 4.38. The number of allylic oxidation sites excluding steroid dienone is 1. The fraction of sp³-hybridized carbons (Fsp3) is 0.500. The van der Waals surface area contributed by atoms with Crippen molar-refractivity contribution in [3.8, 4) is 0 Å². The molecule has 0 saturated heterocycles. The Balaban J connectivity index is 2.64. The third kappa shape index (κ3) is 2.53. The van der Waals surface area contributed by atoms with Crippen molar-refractivity contribution in [1.29, 1.82) is 0 Å². The third-order valence-corrected chi connectivity index (χ3v) is 1.55. The maximum absolute atomic E-state index is 4.37. The van der Waals surface area contributed by atoms with E-state index in [-0.39, 0.29) is 0 Å². The lowest BCUT2D eigenvalue weighted by molar-refractivity contribution is 0.482. The van der Waals surface area contributed by atoms with Crippen LogP contribution in [-0.2, 0) is 6.54 Å². The van der Waals surface area contributed by atoms with Crippen molar-refractivity contribution in [1.82, 2.24) is 9.78 Å². The van der Waals surface area contributed by atoms with E-state index in [4.69, 9.17) is 0 Å². The van der Waals surface area contributed by atoms with Crippen LogP contribution in [0.3, 0.4) is 0 Å².